The highest BCUT2D eigenvalue weighted by molar-refractivity contribution is 5.94. The Bertz CT molecular complexity index is 574. The molecule has 0 heterocycles. The van der Waals surface area contributed by atoms with Crippen LogP contribution in [0.5, 0.6) is 0 Å². The van der Waals surface area contributed by atoms with Crippen LogP contribution in [0.2, 0.25) is 0 Å². The molecule has 21 heavy (non-hydrogen) atoms. The molecule has 0 radical (unpaired) electrons. The average Bonchev–Trinajstić information content (AvgIpc) is 2.39. The highest BCUT2D eigenvalue weighted by atomic mass is 19.1. The summed E-state index contributed by atoms with van der Waals surface area (Å²) in [6, 6.07) is 1.07. The first-order valence-electron chi connectivity index (χ1n) is 6.86. The summed E-state index contributed by atoms with van der Waals surface area (Å²) in [6.07, 6.45) is 3.18. The van der Waals surface area contributed by atoms with Crippen LogP contribution in [0.1, 0.15) is 36.5 Å². The molecule has 1 aromatic carbocycles. The van der Waals surface area contributed by atoms with Gasteiger partial charge in [0, 0.05) is 13.1 Å². The molecule has 0 aliphatic heterocycles. The van der Waals surface area contributed by atoms with Gasteiger partial charge in [-0.2, -0.15) is 4.39 Å². The normalized spacial score (nSPS) is 14.6. The summed E-state index contributed by atoms with van der Waals surface area (Å²) in [5, 5.41) is 10.5. The Balaban J connectivity index is 2.24. The second kappa shape index (κ2) is 6.15. The molecule has 114 valence electrons. The molecule has 2 rings (SSSR count). The summed E-state index contributed by atoms with van der Waals surface area (Å²) in [5.41, 5.74) is -1.43. The molecule has 1 amide bonds. The van der Waals surface area contributed by atoms with Gasteiger partial charge in [-0.15, -0.1) is 0 Å². The zero-order valence-corrected chi connectivity index (χ0v) is 11.6. The molecule has 1 aliphatic carbocycles. The lowest BCUT2D eigenvalue weighted by Gasteiger charge is -2.31. The second-order valence-electron chi connectivity index (χ2n) is 5.18. The van der Waals surface area contributed by atoms with Crippen molar-refractivity contribution in [3.05, 3.63) is 39.4 Å². The minimum atomic E-state index is -1.20. The summed E-state index contributed by atoms with van der Waals surface area (Å²) < 4.78 is 27.4. The number of hydrogen-bond donors (Lipinski definition) is 0. The van der Waals surface area contributed by atoms with E-state index in [1.165, 1.54) is 4.90 Å². The van der Waals surface area contributed by atoms with Crippen LogP contribution in [-0.4, -0.2) is 28.8 Å². The van der Waals surface area contributed by atoms with E-state index in [1.54, 1.807) is 6.92 Å². The Hall–Kier alpha value is -2.05. The van der Waals surface area contributed by atoms with E-state index in [2.05, 4.69) is 0 Å². The highest BCUT2D eigenvalue weighted by Crippen LogP contribution is 2.28. The predicted molar refractivity (Wildman–Crippen MR) is 71.9 cm³/mol. The van der Waals surface area contributed by atoms with Crippen molar-refractivity contribution >= 4 is 11.6 Å². The zero-order chi connectivity index (χ0) is 15.6. The largest absolute Gasteiger partial charge is 0.339 e. The first-order valence-corrected chi connectivity index (χ1v) is 6.86. The Labute approximate surface area is 120 Å². The van der Waals surface area contributed by atoms with Crippen molar-refractivity contribution in [2.24, 2.45) is 5.92 Å². The smallest absolute Gasteiger partial charge is 0.307 e. The van der Waals surface area contributed by atoms with Crippen molar-refractivity contribution in [1.29, 1.82) is 0 Å². The van der Waals surface area contributed by atoms with Gasteiger partial charge in [0.25, 0.3) is 5.91 Å². The first kappa shape index (κ1) is 15.3. The molecule has 0 saturated heterocycles. The third-order valence-electron chi connectivity index (χ3n) is 3.84. The van der Waals surface area contributed by atoms with Gasteiger partial charge in [0.15, 0.2) is 0 Å². The molecule has 7 heteroatoms. The number of hydrogen-bond acceptors (Lipinski definition) is 3. The van der Waals surface area contributed by atoms with Gasteiger partial charge >= 0.3 is 5.69 Å². The Morgan fingerprint density at radius 1 is 1.38 bits per heavy atom. The minimum absolute atomic E-state index is 0.382. The van der Waals surface area contributed by atoms with Crippen LogP contribution in [-0.2, 0) is 0 Å². The number of nitro groups is 1. The van der Waals surface area contributed by atoms with Crippen LogP contribution in [0.25, 0.3) is 0 Å². The number of halogens is 2. The average molecular weight is 298 g/mol. The van der Waals surface area contributed by atoms with Crippen molar-refractivity contribution < 1.29 is 18.5 Å². The maximum atomic E-state index is 13.9. The summed E-state index contributed by atoms with van der Waals surface area (Å²) in [5.74, 6) is -2.50. The van der Waals surface area contributed by atoms with Crippen LogP contribution in [0.4, 0.5) is 14.5 Å². The molecule has 0 unspecified atom stereocenters. The molecule has 0 bridgehead atoms. The molecular formula is C14H16F2N2O3. The molecule has 0 N–H and O–H groups in total. The summed E-state index contributed by atoms with van der Waals surface area (Å²) in [4.78, 5) is 23.2. The van der Waals surface area contributed by atoms with Crippen LogP contribution >= 0.6 is 0 Å². The fraction of sp³-hybridized carbons (Fsp3) is 0.500. The summed E-state index contributed by atoms with van der Waals surface area (Å²) in [7, 11) is 0. The topological polar surface area (TPSA) is 63.5 Å². The van der Waals surface area contributed by atoms with Crippen molar-refractivity contribution in [3.63, 3.8) is 0 Å². The van der Waals surface area contributed by atoms with Crippen molar-refractivity contribution in [2.45, 2.75) is 26.2 Å². The third-order valence-corrected chi connectivity index (χ3v) is 3.84. The van der Waals surface area contributed by atoms with Crippen molar-refractivity contribution in [3.8, 4) is 0 Å². The minimum Gasteiger partial charge on any atom is -0.339 e. The zero-order valence-electron chi connectivity index (χ0n) is 11.6. The summed E-state index contributed by atoms with van der Waals surface area (Å²) in [6.45, 7) is 2.65. The molecule has 0 aromatic heterocycles. The van der Waals surface area contributed by atoms with E-state index in [4.69, 9.17) is 0 Å². The first-order chi connectivity index (χ1) is 9.93. The Morgan fingerprint density at radius 3 is 2.52 bits per heavy atom. The molecule has 1 aliphatic rings. The number of carbonyl (C=O) groups is 1. The van der Waals surface area contributed by atoms with Gasteiger partial charge in [-0.1, -0.05) is 6.42 Å². The van der Waals surface area contributed by atoms with Gasteiger partial charge in [0.2, 0.25) is 5.82 Å². The van der Waals surface area contributed by atoms with Gasteiger partial charge in [-0.05, 0) is 31.7 Å². The van der Waals surface area contributed by atoms with E-state index in [-0.39, 0.29) is 0 Å². The van der Waals surface area contributed by atoms with E-state index in [1.807, 2.05) is 0 Å². The third kappa shape index (κ3) is 3.17. The van der Waals surface area contributed by atoms with E-state index in [9.17, 15) is 23.7 Å². The van der Waals surface area contributed by atoms with Gasteiger partial charge < -0.3 is 4.90 Å². The Kier molecular flexibility index (Phi) is 4.50. The number of carbonyl (C=O) groups excluding carboxylic acids is 1. The van der Waals surface area contributed by atoms with E-state index < -0.39 is 33.7 Å². The predicted octanol–water partition coefficient (Wildman–Crippen LogP) is 3.14. The van der Waals surface area contributed by atoms with Crippen LogP contribution < -0.4 is 0 Å². The monoisotopic (exact) mass is 298 g/mol. The lowest BCUT2D eigenvalue weighted by atomic mass is 9.85. The molecule has 5 nitrogen and oxygen atoms in total. The highest BCUT2D eigenvalue weighted by Gasteiger charge is 2.27. The lowest BCUT2D eigenvalue weighted by Crippen LogP contribution is -2.37. The maximum Gasteiger partial charge on any atom is 0.307 e. The SMILES string of the molecule is CCN(CC1CCC1)C(=O)c1cc(F)c([N+](=O)[O-])cc1F. The molecular weight excluding hydrogens is 282 g/mol. The second-order valence-corrected chi connectivity index (χ2v) is 5.18. The fourth-order valence-electron chi connectivity index (χ4n) is 2.35. The van der Waals surface area contributed by atoms with Crippen LogP contribution in [0.3, 0.4) is 0 Å². The fourth-order valence-corrected chi connectivity index (χ4v) is 2.35. The van der Waals surface area contributed by atoms with Crippen LogP contribution in [0.15, 0.2) is 12.1 Å². The van der Waals surface area contributed by atoms with Crippen LogP contribution in [0, 0.1) is 27.7 Å². The van der Waals surface area contributed by atoms with Gasteiger partial charge in [-0.25, -0.2) is 4.39 Å². The van der Waals surface area contributed by atoms with Gasteiger partial charge in [0.1, 0.15) is 5.82 Å². The van der Waals surface area contributed by atoms with Crippen molar-refractivity contribution in [2.75, 3.05) is 13.1 Å². The number of amides is 1. The van der Waals surface area contributed by atoms with E-state index in [0.717, 1.165) is 19.3 Å². The molecule has 1 saturated carbocycles. The molecule has 1 aromatic rings. The van der Waals surface area contributed by atoms with Crippen molar-refractivity contribution in [1.82, 2.24) is 4.90 Å². The van der Waals surface area contributed by atoms with Gasteiger partial charge in [0.05, 0.1) is 16.6 Å². The maximum absolute atomic E-state index is 13.9. The lowest BCUT2D eigenvalue weighted by molar-refractivity contribution is -0.387. The quantitative estimate of drug-likeness (QED) is 0.619. The number of benzene rings is 1. The number of nitrogens with zero attached hydrogens (tertiary/aromatic N) is 2. The molecule has 0 atom stereocenters. The Morgan fingerprint density at radius 2 is 2.05 bits per heavy atom. The number of rotatable bonds is 5. The van der Waals surface area contributed by atoms with E-state index >= 15 is 0 Å². The molecule has 0 spiro atoms. The van der Waals surface area contributed by atoms with E-state index in [0.29, 0.717) is 31.1 Å². The molecule has 1 fully saturated rings. The standard InChI is InChI=1S/C14H16F2N2O3/c1-2-17(8-9-4-3-5-9)14(19)10-6-12(16)13(18(20)21)7-11(10)15/h6-7,9H,2-5,8H2,1H3. The number of nitro benzene ring substituents is 1. The summed E-state index contributed by atoms with van der Waals surface area (Å²) >= 11 is 0. The van der Waals surface area contributed by atoms with Gasteiger partial charge in [-0.3, -0.25) is 14.9 Å².